The van der Waals surface area contributed by atoms with Gasteiger partial charge in [-0.2, -0.15) is 10.2 Å². The van der Waals surface area contributed by atoms with Crippen LogP contribution in [0.4, 0.5) is 0 Å². The summed E-state index contributed by atoms with van der Waals surface area (Å²) in [5, 5.41) is 27.2. The molecule has 0 aliphatic carbocycles. The molecular weight excluding hydrogens is 325 g/mol. The highest BCUT2D eigenvalue weighted by molar-refractivity contribution is 6.47. The molecule has 3 rings (SSSR count). The first-order valence-corrected chi connectivity index (χ1v) is 8.00. The Balaban J connectivity index is 1.64. The molecular formula is C16H18BN3O5. The molecule has 0 amide bonds. The second kappa shape index (κ2) is 7.16. The second-order valence-corrected chi connectivity index (χ2v) is 6.20. The predicted molar refractivity (Wildman–Crippen MR) is 92.2 cm³/mol. The lowest BCUT2D eigenvalue weighted by Gasteiger charge is -2.28. The molecule has 0 unspecified atom stereocenters. The molecule has 1 atom stereocenters. The molecule has 0 radical (unpaired) electrons. The van der Waals surface area contributed by atoms with Crippen LogP contribution in [-0.4, -0.2) is 47.0 Å². The summed E-state index contributed by atoms with van der Waals surface area (Å²) in [5.41, 5.74) is 7.60. The number of carbonyl (C=O) groups excluding carboxylic acids is 1. The van der Waals surface area contributed by atoms with Gasteiger partial charge in [0.15, 0.2) is 0 Å². The number of rotatable bonds is 6. The number of carbonyl (C=O) groups is 2. The van der Waals surface area contributed by atoms with E-state index in [2.05, 4.69) is 10.2 Å². The van der Waals surface area contributed by atoms with E-state index in [4.69, 9.17) is 10.4 Å². The van der Waals surface area contributed by atoms with Crippen molar-refractivity contribution in [2.24, 2.45) is 15.9 Å². The Morgan fingerprint density at radius 1 is 1.32 bits per heavy atom. The third kappa shape index (κ3) is 3.77. The zero-order valence-corrected chi connectivity index (χ0v) is 13.5. The number of hydrogen-bond donors (Lipinski definition) is 3. The van der Waals surface area contributed by atoms with Crippen LogP contribution in [0.25, 0.3) is 0 Å². The Morgan fingerprint density at radius 2 is 2.08 bits per heavy atom. The monoisotopic (exact) mass is 343 g/mol. The summed E-state index contributed by atoms with van der Waals surface area (Å²) in [5.74, 6) is -1.44. The first kappa shape index (κ1) is 17.3. The molecule has 0 saturated carbocycles. The van der Waals surface area contributed by atoms with Crippen LogP contribution < -0.4 is 10.4 Å². The fraction of sp³-hybridized carbons (Fsp3) is 0.375. The molecule has 1 aromatic carbocycles. The lowest BCUT2D eigenvalue weighted by molar-refractivity contribution is -0.118. The van der Waals surface area contributed by atoms with Gasteiger partial charge in [0.25, 0.3) is 0 Å². The van der Waals surface area contributed by atoms with Crippen LogP contribution in [0.1, 0.15) is 35.2 Å². The number of ketones is 1. The van der Waals surface area contributed by atoms with Crippen molar-refractivity contribution in [1.29, 1.82) is 0 Å². The number of nitrogens with zero attached hydrogens (tertiary/aromatic N) is 2. The molecule has 2 aliphatic heterocycles. The van der Waals surface area contributed by atoms with Crippen LogP contribution >= 0.6 is 0 Å². The molecule has 130 valence electrons. The van der Waals surface area contributed by atoms with Crippen molar-refractivity contribution in [3.8, 4) is 5.75 Å². The first-order chi connectivity index (χ1) is 12.0. The summed E-state index contributed by atoms with van der Waals surface area (Å²) < 4.78 is 5.40. The second-order valence-electron chi connectivity index (χ2n) is 6.20. The third-order valence-corrected chi connectivity index (χ3v) is 4.32. The molecule has 2 heterocycles. The fourth-order valence-electron chi connectivity index (χ4n) is 3.08. The third-order valence-electron chi connectivity index (χ3n) is 4.32. The van der Waals surface area contributed by atoms with Crippen molar-refractivity contribution in [1.82, 2.24) is 0 Å². The minimum Gasteiger partial charge on any atom is -0.535 e. The minimum atomic E-state index is -1.22. The van der Waals surface area contributed by atoms with E-state index in [0.717, 1.165) is 5.71 Å². The Hall–Kier alpha value is -2.52. The lowest BCUT2D eigenvalue weighted by atomic mass is 9.64. The van der Waals surface area contributed by atoms with E-state index in [0.29, 0.717) is 30.7 Å². The predicted octanol–water partition coefficient (Wildman–Crippen LogP) is 0.679. The smallest absolute Gasteiger partial charge is 0.526 e. The standard InChI is InChI=1S/C16H18BN3O5/c18-8-12-6-11(19-20-12)7-13(21)5-10-4-9-2-1-3-14(16(22)23)15(9)25-17(10)24/h1-3,10,24H,4-8,18H2,(H,22,23)/t10-/m1/s1. The number of fused-ring (bicyclic) bond motifs is 1. The van der Waals surface area contributed by atoms with Crippen LogP contribution in [0.15, 0.2) is 28.4 Å². The van der Waals surface area contributed by atoms with Gasteiger partial charge in [-0.05, 0) is 18.1 Å². The number of para-hydroxylation sites is 1. The Labute approximate surface area is 144 Å². The van der Waals surface area contributed by atoms with E-state index in [1.54, 1.807) is 12.1 Å². The first-order valence-electron chi connectivity index (χ1n) is 8.00. The number of carboxylic acid groups (broad SMARTS) is 1. The van der Waals surface area contributed by atoms with Crippen molar-refractivity contribution in [3.05, 3.63) is 29.3 Å². The maximum Gasteiger partial charge on any atom is 0.526 e. The van der Waals surface area contributed by atoms with Gasteiger partial charge in [0, 0.05) is 31.6 Å². The molecule has 9 heteroatoms. The maximum atomic E-state index is 12.3. The van der Waals surface area contributed by atoms with Crippen LogP contribution in [-0.2, 0) is 11.2 Å². The van der Waals surface area contributed by atoms with Gasteiger partial charge in [-0.3, -0.25) is 4.79 Å². The van der Waals surface area contributed by atoms with Crippen molar-refractivity contribution >= 4 is 30.3 Å². The number of Topliss-reactive ketones (excluding diaryl/α,β-unsaturated/α-hetero) is 1. The van der Waals surface area contributed by atoms with E-state index in [-0.39, 0.29) is 29.9 Å². The number of nitrogens with two attached hydrogens (primary N) is 1. The summed E-state index contributed by atoms with van der Waals surface area (Å²) in [4.78, 5) is 23.5. The summed E-state index contributed by atoms with van der Waals surface area (Å²) in [6.45, 7) is 0.319. The van der Waals surface area contributed by atoms with Gasteiger partial charge in [-0.1, -0.05) is 12.1 Å². The van der Waals surface area contributed by atoms with E-state index < -0.39 is 18.9 Å². The van der Waals surface area contributed by atoms with Crippen molar-refractivity contribution < 1.29 is 24.4 Å². The molecule has 0 bridgehead atoms. The highest BCUT2D eigenvalue weighted by Crippen LogP contribution is 2.36. The van der Waals surface area contributed by atoms with E-state index in [1.165, 1.54) is 6.07 Å². The normalized spacial score (nSPS) is 19.0. The van der Waals surface area contributed by atoms with Gasteiger partial charge in [0.1, 0.15) is 11.5 Å². The molecule has 25 heavy (non-hydrogen) atoms. The van der Waals surface area contributed by atoms with Crippen LogP contribution in [0.5, 0.6) is 5.75 Å². The van der Waals surface area contributed by atoms with Crippen molar-refractivity contribution in [3.63, 3.8) is 0 Å². The molecule has 0 aromatic heterocycles. The molecule has 0 fully saturated rings. The van der Waals surface area contributed by atoms with Crippen LogP contribution in [0.3, 0.4) is 0 Å². The summed E-state index contributed by atoms with van der Waals surface area (Å²) in [6.07, 6.45) is 1.17. The van der Waals surface area contributed by atoms with E-state index in [9.17, 15) is 19.7 Å². The Morgan fingerprint density at radius 3 is 2.76 bits per heavy atom. The average molecular weight is 343 g/mol. The van der Waals surface area contributed by atoms with Crippen LogP contribution in [0.2, 0.25) is 5.82 Å². The zero-order chi connectivity index (χ0) is 18.0. The molecule has 0 saturated heterocycles. The molecule has 2 aliphatic rings. The molecule has 1 aromatic rings. The van der Waals surface area contributed by atoms with Gasteiger partial charge < -0.3 is 20.5 Å². The van der Waals surface area contributed by atoms with Gasteiger partial charge in [-0.15, -0.1) is 0 Å². The van der Waals surface area contributed by atoms with Crippen molar-refractivity contribution in [2.45, 2.75) is 31.5 Å². The number of carboxylic acids is 1. The van der Waals surface area contributed by atoms with E-state index >= 15 is 0 Å². The quantitative estimate of drug-likeness (QED) is 0.650. The summed E-state index contributed by atoms with van der Waals surface area (Å²) in [7, 11) is -1.22. The summed E-state index contributed by atoms with van der Waals surface area (Å²) in [6, 6.07) is 4.79. The van der Waals surface area contributed by atoms with Gasteiger partial charge in [0.05, 0.1) is 17.0 Å². The Kier molecular flexibility index (Phi) is 4.96. The van der Waals surface area contributed by atoms with Gasteiger partial charge in [0.2, 0.25) is 0 Å². The molecule has 4 N–H and O–H groups in total. The topological polar surface area (TPSA) is 135 Å². The highest BCUT2D eigenvalue weighted by Gasteiger charge is 2.37. The highest BCUT2D eigenvalue weighted by atomic mass is 16.5. The largest absolute Gasteiger partial charge is 0.535 e. The number of aromatic carboxylic acids is 1. The fourth-order valence-corrected chi connectivity index (χ4v) is 3.08. The lowest BCUT2D eigenvalue weighted by Crippen LogP contribution is -2.36. The SMILES string of the molecule is NCC1=NN=C(CC(=O)C[C@H]2Cc3cccc(C(=O)O)c3OB2O)C1. The van der Waals surface area contributed by atoms with Crippen molar-refractivity contribution in [2.75, 3.05) is 6.54 Å². The molecule has 0 spiro atoms. The van der Waals surface area contributed by atoms with Crippen LogP contribution in [0, 0.1) is 0 Å². The number of benzene rings is 1. The maximum absolute atomic E-state index is 12.3. The zero-order valence-electron chi connectivity index (χ0n) is 13.5. The van der Waals surface area contributed by atoms with E-state index in [1.807, 2.05) is 0 Å². The van der Waals surface area contributed by atoms with Gasteiger partial charge in [-0.25, -0.2) is 4.79 Å². The molecule has 8 nitrogen and oxygen atoms in total. The average Bonchev–Trinajstić information content (AvgIpc) is 3.02. The minimum absolute atomic E-state index is 0.00750. The number of hydrogen-bond acceptors (Lipinski definition) is 7. The van der Waals surface area contributed by atoms with Gasteiger partial charge >= 0.3 is 13.1 Å². The Bertz CT molecular complexity index is 777. The summed E-state index contributed by atoms with van der Waals surface area (Å²) >= 11 is 0.